The van der Waals surface area contributed by atoms with Crippen molar-refractivity contribution in [3.05, 3.63) is 17.5 Å². The summed E-state index contributed by atoms with van der Waals surface area (Å²) in [5, 5.41) is 3.98. The van der Waals surface area contributed by atoms with Crippen molar-refractivity contribution < 1.29 is 9.26 Å². The number of rotatable bonds is 6. The lowest BCUT2D eigenvalue weighted by Gasteiger charge is -1.97. The van der Waals surface area contributed by atoms with Crippen molar-refractivity contribution in [3.63, 3.8) is 0 Å². The van der Waals surface area contributed by atoms with E-state index in [2.05, 4.69) is 25.9 Å². The minimum Gasteiger partial charge on any atom is -0.373 e. The monoisotopic (exact) mass is 197 g/mol. The lowest BCUT2D eigenvalue weighted by molar-refractivity contribution is 0.102. The first kappa shape index (κ1) is 11.2. The van der Waals surface area contributed by atoms with Crippen LogP contribution in [0.25, 0.3) is 0 Å². The molecule has 0 radical (unpaired) electrons. The molecule has 0 amide bonds. The molecule has 14 heavy (non-hydrogen) atoms. The van der Waals surface area contributed by atoms with Crippen LogP contribution in [0.15, 0.2) is 10.6 Å². The summed E-state index contributed by atoms with van der Waals surface area (Å²) in [7, 11) is 0. The molecule has 0 N–H and O–H groups in total. The van der Waals surface area contributed by atoms with E-state index in [4.69, 9.17) is 9.26 Å². The highest BCUT2D eigenvalue weighted by Crippen LogP contribution is 2.09. The van der Waals surface area contributed by atoms with E-state index in [1.807, 2.05) is 6.07 Å². The van der Waals surface area contributed by atoms with Gasteiger partial charge in [-0.15, -0.1) is 0 Å². The van der Waals surface area contributed by atoms with Gasteiger partial charge < -0.3 is 9.26 Å². The zero-order chi connectivity index (χ0) is 10.4. The molecule has 0 aliphatic carbocycles. The van der Waals surface area contributed by atoms with Gasteiger partial charge in [0, 0.05) is 12.7 Å². The van der Waals surface area contributed by atoms with Gasteiger partial charge in [-0.3, -0.25) is 0 Å². The summed E-state index contributed by atoms with van der Waals surface area (Å²) >= 11 is 0. The minimum atomic E-state index is 0.541. The van der Waals surface area contributed by atoms with Gasteiger partial charge in [-0.2, -0.15) is 0 Å². The predicted octanol–water partition coefficient (Wildman–Crippen LogP) is 2.80. The maximum Gasteiger partial charge on any atom is 0.162 e. The number of ether oxygens (including phenoxy) is 1. The van der Waals surface area contributed by atoms with Crippen LogP contribution in [0.5, 0.6) is 0 Å². The maximum atomic E-state index is 5.35. The molecule has 1 rings (SSSR count). The predicted molar refractivity (Wildman–Crippen MR) is 55.0 cm³/mol. The second-order valence-corrected chi connectivity index (χ2v) is 3.94. The molecular weight excluding hydrogens is 178 g/mol. The first-order valence-electron chi connectivity index (χ1n) is 5.24. The Labute approximate surface area is 85.4 Å². The molecule has 0 fully saturated rings. The Morgan fingerprint density at radius 2 is 2.29 bits per heavy atom. The zero-order valence-electron chi connectivity index (χ0n) is 9.25. The molecule has 0 bridgehead atoms. The first-order chi connectivity index (χ1) is 6.72. The molecule has 0 saturated carbocycles. The summed E-state index contributed by atoms with van der Waals surface area (Å²) in [5.74, 6) is 1.44. The van der Waals surface area contributed by atoms with Gasteiger partial charge in [0.2, 0.25) is 0 Å². The molecule has 1 heterocycles. The normalized spacial score (nSPS) is 11.1. The standard InChI is InChI=1S/C11H19NO2/c1-4-5-13-8-11-7-10(12-14-11)6-9(2)3/h7,9H,4-6,8H2,1-3H3. The fourth-order valence-electron chi connectivity index (χ4n) is 1.26. The van der Waals surface area contributed by atoms with E-state index >= 15 is 0 Å². The van der Waals surface area contributed by atoms with Gasteiger partial charge in [-0.25, -0.2) is 0 Å². The van der Waals surface area contributed by atoms with Crippen molar-refractivity contribution in [2.75, 3.05) is 6.61 Å². The first-order valence-corrected chi connectivity index (χ1v) is 5.24. The Morgan fingerprint density at radius 1 is 1.50 bits per heavy atom. The van der Waals surface area contributed by atoms with Gasteiger partial charge >= 0.3 is 0 Å². The average Bonchev–Trinajstić information content (AvgIpc) is 2.52. The van der Waals surface area contributed by atoms with Crippen LogP contribution in [-0.2, 0) is 17.8 Å². The lowest BCUT2D eigenvalue weighted by Crippen LogP contribution is -1.94. The molecule has 1 aromatic rings. The highest BCUT2D eigenvalue weighted by molar-refractivity contribution is 5.04. The van der Waals surface area contributed by atoms with E-state index < -0.39 is 0 Å². The third kappa shape index (κ3) is 3.92. The average molecular weight is 197 g/mol. The molecule has 3 heteroatoms. The smallest absolute Gasteiger partial charge is 0.162 e. The van der Waals surface area contributed by atoms with Gasteiger partial charge in [0.15, 0.2) is 5.76 Å². The molecule has 0 saturated heterocycles. The number of aromatic nitrogens is 1. The van der Waals surface area contributed by atoms with Gasteiger partial charge in [0.25, 0.3) is 0 Å². The van der Waals surface area contributed by atoms with Crippen LogP contribution < -0.4 is 0 Å². The van der Waals surface area contributed by atoms with E-state index in [0.717, 1.165) is 30.9 Å². The van der Waals surface area contributed by atoms with E-state index in [9.17, 15) is 0 Å². The van der Waals surface area contributed by atoms with Gasteiger partial charge in [-0.1, -0.05) is 25.9 Å². The van der Waals surface area contributed by atoms with Crippen LogP contribution in [0.2, 0.25) is 0 Å². The summed E-state index contributed by atoms with van der Waals surface area (Å²) in [6.07, 6.45) is 2.00. The van der Waals surface area contributed by atoms with E-state index in [1.54, 1.807) is 0 Å². The molecule has 3 nitrogen and oxygen atoms in total. The highest BCUT2D eigenvalue weighted by atomic mass is 16.5. The number of hydrogen-bond acceptors (Lipinski definition) is 3. The number of hydrogen-bond donors (Lipinski definition) is 0. The van der Waals surface area contributed by atoms with Crippen molar-refractivity contribution in [2.24, 2.45) is 5.92 Å². The third-order valence-electron chi connectivity index (χ3n) is 1.82. The topological polar surface area (TPSA) is 35.3 Å². The maximum absolute atomic E-state index is 5.35. The van der Waals surface area contributed by atoms with Crippen molar-refractivity contribution >= 4 is 0 Å². The summed E-state index contributed by atoms with van der Waals surface area (Å²) < 4.78 is 10.5. The van der Waals surface area contributed by atoms with E-state index in [-0.39, 0.29) is 0 Å². The molecule has 0 aromatic carbocycles. The molecule has 80 valence electrons. The van der Waals surface area contributed by atoms with Crippen molar-refractivity contribution in [2.45, 2.75) is 40.2 Å². The summed E-state index contributed by atoms with van der Waals surface area (Å²) in [5.41, 5.74) is 1.02. The quantitative estimate of drug-likeness (QED) is 0.658. The van der Waals surface area contributed by atoms with E-state index in [0.29, 0.717) is 12.5 Å². The Hall–Kier alpha value is -0.830. The summed E-state index contributed by atoms with van der Waals surface area (Å²) in [4.78, 5) is 0. The fourth-order valence-corrected chi connectivity index (χ4v) is 1.26. The Kier molecular flexibility index (Phi) is 4.66. The molecular formula is C11H19NO2. The zero-order valence-corrected chi connectivity index (χ0v) is 9.25. The third-order valence-corrected chi connectivity index (χ3v) is 1.82. The molecule has 1 aromatic heterocycles. The number of nitrogens with zero attached hydrogens (tertiary/aromatic N) is 1. The molecule has 0 aliphatic heterocycles. The van der Waals surface area contributed by atoms with Gasteiger partial charge in [0.1, 0.15) is 6.61 Å². The molecule has 0 spiro atoms. The van der Waals surface area contributed by atoms with Crippen LogP contribution in [0, 0.1) is 5.92 Å². The van der Waals surface area contributed by atoms with Crippen LogP contribution in [0.3, 0.4) is 0 Å². The Bertz CT molecular complexity index is 256. The Morgan fingerprint density at radius 3 is 2.93 bits per heavy atom. The van der Waals surface area contributed by atoms with Crippen LogP contribution in [-0.4, -0.2) is 11.8 Å². The second kappa shape index (κ2) is 5.81. The largest absolute Gasteiger partial charge is 0.373 e. The summed E-state index contributed by atoms with van der Waals surface area (Å²) in [6, 6.07) is 1.98. The van der Waals surface area contributed by atoms with Gasteiger partial charge in [-0.05, 0) is 18.8 Å². The van der Waals surface area contributed by atoms with Crippen LogP contribution in [0.4, 0.5) is 0 Å². The fraction of sp³-hybridized carbons (Fsp3) is 0.727. The van der Waals surface area contributed by atoms with Crippen molar-refractivity contribution in [3.8, 4) is 0 Å². The van der Waals surface area contributed by atoms with E-state index in [1.165, 1.54) is 0 Å². The van der Waals surface area contributed by atoms with Crippen LogP contribution in [0.1, 0.15) is 38.6 Å². The molecule has 0 aliphatic rings. The van der Waals surface area contributed by atoms with Crippen molar-refractivity contribution in [1.82, 2.24) is 5.16 Å². The summed E-state index contributed by atoms with van der Waals surface area (Å²) in [6.45, 7) is 7.74. The molecule has 0 atom stereocenters. The van der Waals surface area contributed by atoms with Crippen LogP contribution >= 0.6 is 0 Å². The second-order valence-electron chi connectivity index (χ2n) is 3.94. The Balaban J connectivity index is 2.35. The molecule has 0 unspecified atom stereocenters. The van der Waals surface area contributed by atoms with Crippen molar-refractivity contribution in [1.29, 1.82) is 0 Å². The minimum absolute atomic E-state index is 0.541. The SMILES string of the molecule is CCCOCc1cc(CC(C)C)no1. The highest BCUT2D eigenvalue weighted by Gasteiger charge is 2.05. The van der Waals surface area contributed by atoms with Gasteiger partial charge in [0.05, 0.1) is 5.69 Å². The lowest BCUT2D eigenvalue weighted by atomic mass is 10.1.